The van der Waals surface area contributed by atoms with Gasteiger partial charge in [0.1, 0.15) is 11.5 Å². The first kappa shape index (κ1) is 27.5. The SMILES string of the molecule is O=C(NCc1cc(C(F)(F)F)ccn1)C1=CN(CCCCn2cc(C(=O)NCc3cccc(F)c3)nn2)NN1. The minimum Gasteiger partial charge on any atom is -0.347 e. The molecule has 0 saturated heterocycles. The minimum absolute atomic E-state index is 0.0851. The Morgan fingerprint density at radius 1 is 1.00 bits per heavy atom. The van der Waals surface area contributed by atoms with Crippen LogP contribution in [0.1, 0.15) is 40.2 Å². The second-order valence-electron chi connectivity index (χ2n) is 8.58. The van der Waals surface area contributed by atoms with Gasteiger partial charge in [-0.3, -0.25) is 29.7 Å². The molecule has 0 unspecified atom stereocenters. The van der Waals surface area contributed by atoms with Gasteiger partial charge in [0.05, 0.1) is 24.0 Å². The molecule has 0 aliphatic carbocycles. The number of aryl methyl sites for hydroxylation is 1. The van der Waals surface area contributed by atoms with Crippen LogP contribution in [0.25, 0.3) is 0 Å². The number of pyridine rings is 1. The molecule has 1 aromatic carbocycles. The first-order valence-electron chi connectivity index (χ1n) is 11.9. The molecule has 0 saturated carbocycles. The van der Waals surface area contributed by atoms with Crippen LogP contribution in [0, 0.1) is 5.82 Å². The number of benzene rings is 1. The highest BCUT2D eigenvalue weighted by molar-refractivity contribution is 5.92. The maximum absolute atomic E-state index is 13.2. The molecule has 1 aliphatic rings. The number of nitrogens with one attached hydrogen (secondary N) is 4. The maximum Gasteiger partial charge on any atom is 0.416 e. The molecule has 39 heavy (non-hydrogen) atoms. The van der Waals surface area contributed by atoms with Gasteiger partial charge in [-0.05, 0) is 42.7 Å². The molecule has 1 aliphatic heterocycles. The van der Waals surface area contributed by atoms with E-state index in [9.17, 15) is 27.2 Å². The number of halogens is 4. The van der Waals surface area contributed by atoms with Gasteiger partial charge in [0.2, 0.25) is 0 Å². The van der Waals surface area contributed by atoms with Crippen LogP contribution in [0.5, 0.6) is 0 Å². The van der Waals surface area contributed by atoms with Gasteiger partial charge in [-0.2, -0.15) is 13.2 Å². The lowest BCUT2D eigenvalue weighted by Crippen LogP contribution is -2.39. The Bertz CT molecular complexity index is 1340. The fourth-order valence-corrected chi connectivity index (χ4v) is 3.59. The van der Waals surface area contributed by atoms with E-state index in [-0.39, 0.29) is 36.0 Å². The molecule has 15 heteroatoms. The first-order valence-corrected chi connectivity index (χ1v) is 11.9. The minimum atomic E-state index is -4.49. The Labute approximate surface area is 220 Å². The molecule has 3 heterocycles. The molecule has 0 radical (unpaired) electrons. The molecule has 0 atom stereocenters. The van der Waals surface area contributed by atoms with Gasteiger partial charge in [-0.15, -0.1) is 10.6 Å². The average molecular weight is 548 g/mol. The van der Waals surface area contributed by atoms with Crippen molar-refractivity contribution in [1.29, 1.82) is 0 Å². The predicted molar refractivity (Wildman–Crippen MR) is 129 cm³/mol. The topological polar surface area (TPSA) is 129 Å². The summed E-state index contributed by atoms with van der Waals surface area (Å²) < 4.78 is 53.3. The van der Waals surface area contributed by atoms with Gasteiger partial charge in [-0.1, -0.05) is 17.3 Å². The molecule has 2 aromatic heterocycles. The molecule has 4 rings (SSSR count). The first-order chi connectivity index (χ1) is 18.7. The summed E-state index contributed by atoms with van der Waals surface area (Å²) in [5.74, 6) is -1.30. The summed E-state index contributed by atoms with van der Waals surface area (Å²) in [6, 6.07) is 7.68. The number of alkyl halides is 3. The largest absolute Gasteiger partial charge is 0.416 e. The number of aromatic nitrogens is 4. The van der Waals surface area contributed by atoms with Gasteiger partial charge in [0.15, 0.2) is 5.69 Å². The molecular formula is C24H25F4N9O2. The van der Waals surface area contributed by atoms with E-state index in [2.05, 4.69) is 36.9 Å². The van der Waals surface area contributed by atoms with Crippen molar-refractivity contribution in [3.8, 4) is 0 Å². The lowest BCUT2D eigenvalue weighted by molar-refractivity contribution is -0.137. The van der Waals surface area contributed by atoms with E-state index in [4.69, 9.17) is 0 Å². The van der Waals surface area contributed by atoms with Crippen LogP contribution in [-0.4, -0.2) is 43.3 Å². The number of carbonyl (C=O) groups excluding carboxylic acids is 2. The van der Waals surface area contributed by atoms with Gasteiger partial charge >= 0.3 is 6.18 Å². The van der Waals surface area contributed by atoms with Crippen LogP contribution in [0.4, 0.5) is 17.6 Å². The van der Waals surface area contributed by atoms with Gasteiger partial charge in [0.25, 0.3) is 11.8 Å². The predicted octanol–water partition coefficient (Wildman–Crippen LogP) is 2.02. The van der Waals surface area contributed by atoms with Crippen molar-refractivity contribution in [2.45, 2.75) is 38.7 Å². The third-order valence-electron chi connectivity index (χ3n) is 5.59. The normalized spacial score (nSPS) is 13.1. The summed E-state index contributed by atoms with van der Waals surface area (Å²) in [6.45, 7) is 1.04. The van der Waals surface area contributed by atoms with Crippen LogP contribution < -0.4 is 21.6 Å². The van der Waals surface area contributed by atoms with Crippen molar-refractivity contribution in [3.63, 3.8) is 0 Å². The highest BCUT2D eigenvalue weighted by Crippen LogP contribution is 2.28. The number of carbonyl (C=O) groups is 2. The van der Waals surface area contributed by atoms with E-state index in [0.717, 1.165) is 18.3 Å². The zero-order valence-corrected chi connectivity index (χ0v) is 20.5. The van der Waals surface area contributed by atoms with E-state index < -0.39 is 23.6 Å². The fourth-order valence-electron chi connectivity index (χ4n) is 3.59. The van der Waals surface area contributed by atoms with E-state index in [1.165, 1.54) is 18.3 Å². The fraction of sp³-hybridized carbons (Fsp3) is 0.292. The zero-order chi connectivity index (χ0) is 27.8. The monoisotopic (exact) mass is 547 g/mol. The van der Waals surface area contributed by atoms with E-state index >= 15 is 0 Å². The quantitative estimate of drug-likeness (QED) is 0.212. The van der Waals surface area contributed by atoms with E-state index in [1.807, 2.05) is 0 Å². The summed E-state index contributed by atoms with van der Waals surface area (Å²) in [7, 11) is 0. The maximum atomic E-state index is 13.2. The lowest BCUT2D eigenvalue weighted by atomic mass is 10.2. The van der Waals surface area contributed by atoms with Crippen molar-refractivity contribution < 1.29 is 27.2 Å². The summed E-state index contributed by atoms with van der Waals surface area (Å²) in [6.07, 6.45) is 1.03. The Hall–Kier alpha value is -4.53. The number of nitrogens with zero attached hydrogens (tertiary/aromatic N) is 5. The number of hydrazine groups is 2. The Balaban J connectivity index is 1.15. The number of rotatable bonds is 11. The number of unbranched alkanes of at least 4 members (excludes halogenated alkanes) is 1. The summed E-state index contributed by atoms with van der Waals surface area (Å²) >= 11 is 0. The smallest absolute Gasteiger partial charge is 0.347 e. The lowest BCUT2D eigenvalue weighted by Gasteiger charge is -2.14. The van der Waals surface area contributed by atoms with E-state index in [0.29, 0.717) is 31.5 Å². The standard InChI is InChI=1S/C24H25F4N9O2/c25-18-5-3-4-16(10-18)12-30-22(38)20-14-36(34-32-20)8-1-2-9-37-15-21(33-35-37)23(39)31-13-19-11-17(6-7-29-19)24(26,27)28/h3-7,10-11,14-15,33,35H,1-2,8-9,12-13H2,(H,30,38)(H,31,39). The van der Waals surface area contributed by atoms with Gasteiger partial charge < -0.3 is 10.6 Å². The van der Waals surface area contributed by atoms with Crippen molar-refractivity contribution in [2.75, 3.05) is 6.54 Å². The number of amides is 2. The Morgan fingerprint density at radius 3 is 2.59 bits per heavy atom. The number of hydrogen-bond donors (Lipinski definition) is 4. The van der Waals surface area contributed by atoms with Gasteiger partial charge in [0, 0.05) is 32.0 Å². The Morgan fingerprint density at radius 2 is 1.79 bits per heavy atom. The average Bonchev–Trinajstić information content (AvgIpc) is 3.58. The molecule has 0 bridgehead atoms. The van der Waals surface area contributed by atoms with Crippen molar-refractivity contribution in [1.82, 2.24) is 46.6 Å². The van der Waals surface area contributed by atoms with Crippen LogP contribution >= 0.6 is 0 Å². The summed E-state index contributed by atoms with van der Waals surface area (Å²) in [4.78, 5) is 28.4. The van der Waals surface area contributed by atoms with E-state index in [1.54, 1.807) is 28.0 Å². The summed E-state index contributed by atoms with van der Waals surface area (Å²) in [5, 5.41) is 14.7. The molecule has 2 amide bonds. The van der Waals surface area contributed by atoms with Crippen molar-refractivity contribution in [3.05, 3.63) is 89.0 Å². The third kappa shape index (κ3) is 7.98. The second kappa shape index (κ2) is 12.3. The highest BCUT2D eigenvalue weighted by Gasteiger charge is 2.30. The van der Waals surface area contributed by atoms with Gasteiger partial charge in [-0.25, -0.2) is 4.39 Å². The zero-order valence-electron chi connectivity index (χ0n) is 20.5. The van der Waals surface area contributed by atoms with Crippen LogP contribution in [0.15, 0.2) is 60.7 Å². The molecule has 3 aromatic rings. The van der Waals surface area contributed by atoms with Crippen LogP contribution in [-0.2, 0) is 30.6 Å². The second-order valence-corrected chi connectivity index (χ2v) is 8.58. The van der Waals surface area contributed by atoms with Crippen LogP contribution in [0.3, 0.4) is 0 Å². The van der Waals surface area contributed by atoms with Crippen molar-refractivity contribution in [2.24, 2.45) is 0 Å². The van der Waals surface area contributed by atoms with Crippen LogP contribution in [0.2, 0.25) is 0 Å². The summed E-state index contributed by atoms with van der Waals surface area (Å²) in [5.41, 5.74) is 5.76. The molecule has 0 fully saturated rings. The molecule has 206 valence electrons. The third-order valence-corrected chi connectivity index (χ3v) is 5.59. The molecule has 11 nitrogen and oxygen atoms in total. The molecule has 0 spiro atoms. The molecular weight excluding hydrogens is 522 g/mol. The van der Waals surface area contributed by atoms with Crippen molar-refractivity contribution >= 4 is 11.8 Å². The highest BCUT2D eigenvalue weighted by atomic mass is 19.4. The Kier molecular flexibility index (Phi) is 8.70. The molecule has 4 N–H and O–H groups in total. The number of hydrogen-bond acceptors (Lipinski definition) is 8.